The van der Waals surface area contributed by atoms with Gasteiger partial charge in [-0.2, -0.15) is 5.26 Å². The summed E-state index contributed by atoms with van der Waals surface area (Å²) in [6.45, 7) is 0. The van der Waals surface area contributed by atoms with E-state index in [2.05, 4.69) is 6.07 Å². The van der Waals surface area contributed by atoms with Crippen molar-refractivity contribution < 1.29 is 9.90 Å². The average molecular weight is 249 g/mol. The highest BCUT2D eigenvalue weighted by Crippen LogP contribution is 2.24. The number of carbonyl (C=O) groups is 1. The van der Waals surface area contributed by atoms with Crippen LogP contribution >= 0.6 is 0 Å². The Morgan fingerprint density at radius 3 is 2.42 bits per heavy atom. The molecule has 0 fully saturated rings. The van der Waals surface area contributed by atoms with Crippen LogP contribution in [0.25, 0.3) is 17.2 Å². The molecule has 0 unspecified atom stereocenters. The van der Waals surface area contributed by atoms with E-state index in [1.54, 1.807) is 18.2 Å². The number of carboxylic acid groups (broad SMARTS) is 1. The summed E-state index contributed by atoms with van der Waals surface area (Å²) >= 11 is 0. The van der Waals surface area contributed by atoms with E-state index in [1.807, 2.05) is 36.4 Å². The second kappa shape index (κ2) is 5.65. The maximum Gasteiger partial charge on any atom is 0.328 e. The van der Waals surface area contributed by atoms with Crippen molar-refractivity contribution in [2.45, 2.75) is 0 Å². The van der Waals surface area contributed by atoms with E-state index in [4.69, 9.17) is 10.4 Å². The van der Waals surface area contributed by atoms with E-state index in [-0.39, 0.29) is 0 Å². The summed E-state index contributed by atoms with van der Waals surface area (Å²) in [5, 5.41) is 17.5. The number of benzene rings is 2. The van der Waals surface area contributed by atoms with Crippen molar-refractivity contribution in [3.05, 3.63) is 65.7 Å². The number of rotatable bonds is 3. The van der Waals surface area contributed by atoms with Gasteiger partial charge in [-0.15, -0.1) is 0 Å². The number of aliphatic carboxylic acids is 1. The predicted molar refractivity (Wildman–Crippen MR) is 73.3 cm³/mol. The molecule has 0 saturated carbocycles. The van der Waals surface area contributed by atoms with Crippen molar-refractivity contribution >= 4 is 12.0 Å². The molecule has 0 saturated heterocycles. The highest BCUT2D eigenvalue weighted by atomic mass is 16.4. The van der Waals surface area contributed by atoms with Crippen LogP contribution in [0.15, 0.2) is 54.6 Å². The minimum atomic E-state index is -0.977. The minimum Gasteiger partial charge on any atom is -0.478 e. The molecule has 1 N–H and O–H groups in total. The number of hydrogen-bond acceptors (Lipinski definition) is 2. The summed E-state index contributed by atoms with van der Waals surface area (Å²) in [7, 11) is 0. The molecule has 92 valence electrons. The Morgan fingerprint density at radius 2 is 1.79 bits per heavy atom. The quantitative estimate of drug-likeness (QED) is 0.849. The van der Waals surface area contributed by atoms with E-state index in [1.165, 1.54) is 0 Å². The summed E-state index contributed by atoms with van der Waals surface area (Å²) < 4.78 is 0. The maximum atomic E-state index is 10.6. The second-order valence-electron chi connectivity index (χ2n) is 3.95. The fraction of sp³-hybridized carbons (Fsp3) is 0. The van der Waals surface area contributed by atoms with Crippen LogP contribution in [0.4, 0.5) is 0 Å². The van der Waals surface area contributed by atoms with E-state index < -0.39 is 5.97 Å². The van der Waals surface area contributed by atoms with Gasteiger partial charge in [0.15, 0.2) is 0 Å². The molecule has 3 heteroatoms. The van der Waals surface area contributed by atoms with Crippen LogP contribution in [0.1, 0.15) is 11.1 Å². The number of hydrogen-bond donors (Lipinski definition) is 1. The molecule has 0 amide bonds. The molecule has 2 aromatic rings. The first-order chi connectivity index (χ1) is 9.20. The minimum absolute atomic E-state index is 0.599. The lowest BCUT2D eigenvalue weighted by Gasteiger charge is -2.06. The predicted octanol–water partition coefficient (Wildman–Crippen LogP) is 3.32. The molecule has 3 nitrogen and oxygen atoms in total. The summed E-state index contributed by atoms with van der Waals surface area (Å²) in [5.41, 5.74) is 3.31. The fourth-order valence-corrected chi connectivity index (χ4v) is 1.79. The smallest absolute Gasteiger partial charge is 0.328 e. The van der Waals surface area contributed by atoms with Crippen molar-refractivity contribution in [3.8, 4) is 17.2 Å². The zero-order chi connectivity index (χ0) is 13.7. The lowest BCUT2D eigenvalue weighted by molar-refractivity contribution is -0.131. The molecule has 19 heavy (non-hydrogen) atoms. The number of carboxylic acids is 1. The first-order valence-corrected chi connectivity index (χ1v) is 5.71. The first-order valence-electron chi connectivity index (χ1n) is 5.71. The Labute approximate surface area is 111 Å². The van der Waals surface area contributed by atoms with Gasteiger partial charge >= 0.3 is 5.97 Å². The van der Waals surface area contributed by atoms with Crippen molar-refractivity contribution in [2.24, 2.45) is 0 Å². The molecule has 0 aliphatic heterocycles. The topological polar surface area (TPSA) is 61.1 Å². The van der Waals surface area contributed by atoms with E-state index in [0.717, 1.165) is 22.8 Å². The van der Waals surface area contributed by atoms with Gasteiger partial charge in [0, 0.05) is 6.08 Å². The van der Waals surface area contributed by atoms with Gasteiger partial charge in [-0.3, -0.25) is 0 Å². The van der Waals surface area contributed by atoms with Gasteiger partial charge in [0.05, 0.1) is 11.6 Å². The Balaban J connectivity index is 2.44. The molecule has 0 aliphatic rings. The zero-order valence-corrected chi connectivity index (χ0v) is 10.1. The summed E-state index contributed by atoms with van der Waals surface area (Å²) in [4.78, 5) is 10.6. The third-order valence-corrected chi connectivity index (χ3v) is 2.69. The van der Waals surface area contributed by atoms with E-state index >= 15 is 0 Å². The van der Waals surface area contributed by atoms with Crippen LogP contribution in [-0.2, 0) is 4.79 Å². The van der Waals surface area contributed by atoms with Gasteiger partial charge in [-0.1, -0.05) is 36.4 Å². The highest BCUT2D eigenvalue weighted by molar-refractivity contribution is 5.87. The highest BCUT2D eigenvalue weighted by Gasteiger charge is 2.02. The molecule has 0 heterocycles. The summed E-state index contributed by atoms with van der Waals surface area (Å²) in [6.07, 6.45) is 2.68. The van der Waals surface area contributed by atoms with Crippen molar-refractivity contribution in [1.29, 1.82) is 5.26 Å². The molecule has 0 spiro atoms. The van der Waals surface area contributed by atoms with Crippen molar-refractivity contribution in [1.82, 2.24) is 0 Å². The van der Waals surface area contributed by atoms with Gasteiger partial charge < -0.3 is 5.11 Å². The maximum absolute atomic E-state index is 10.6. The van der Waals surface area contributed by atoms with Gasteiger partial charge in [0.25, 0.3) is 0 Å². The van der Waals surface area contributed by atoms with Crippen LogP contribution in [0.5, 0.6) is 0 Å². The van der Waals surface area contributed by atoms with E-state index in [0.29, 0.717) is 5.56 Å². The lowest BCUT2D eigenvalue weighted by atomic mass is 9.98. The van der Waals surface area contributed by atoms with Gasteiger partial charge in [-0.25, -0.2) is 4.79 Å². The Kier molecular flexibility index (Phi) is 3.75. The normalized spacial score (nSPS) is 10.3. The SMILES string of the molecule is N#Cc1ccc(-c2ccccc2/C=C/C(=O)O)cc1. The van der Waals surface area contributed by atoms with Crippen molar-refractivity contribution in [2.75, 3.05) is 0 Å². The first kappa shape index (κ1) is 12.6. The second-order valence-corrected chi connectivity index (χ2v) is 3.95. The lowest BCUT2D eigenvalue weighted by Crippen LogP contribution is -1.88. The molecule has 0 bridgehead atoms. The molecule has 2 aromatic carbocycles. The molecule has 0 radical (unpaired) electrons. The Hall–Kier alpha value is -2.86. The summed E-state index contributed by atoms with van der Waals surface area (Å²) in [5.74, 6) is -0.977. The van der Waals surface area contributed by atoms with Crippen LogP contribution in [0.3, 0.4) is 0 Å². The molecule has 0 atom stereocenters. The molecular weight excluding hydrogens is 238 g/mol. The Bertz CT molecular complexity index is 664. The molecule has 2 rings (SSSR count). The average Bonchev–Trinajstić information content (AvgIpc) is 2.45. The largest absolute Gasteiger partial charge is 0.478 e. The number of nitriles is 1. The Morgan fingerprint density at radius 1 is 1.11 bits per heavy atom. The van der Waals surface area contributed by atoms with Gasteiger partial charge in [-0.05, 0) is 34.9 Å². The van der Waals surface area contributed by atoms with Crippen LogP contribution in [-0.4, -0.2) is 11.1 Å². The van der Waals surface area contributed by atoms with Crippen LogP contribution in [0, 0.1) is 11.3 Å². The van der Waals surface area contributed by atoms with Gasteiger partial charge in [0.2, 0.25) is 0 Å². The van der Waals surface area contributed by atoms with E-state index in [9.17, 15) is 4.79 Å². The zero-order valence-electron chi connectivity index (χ0n) is 10.1. The van der Waals surface area contributed by atoms with Crippen LogP contribution in [0.2, 0.25) is 0 Å². The van der Waals surface area contributed by atoms with Gasteiger partial charge in [0.1, 0.15) is 0 Å². The molecular formula is C16H11NO2. The third kappa shape index (κ3) is 3.08. The molecule has 0 aromatic heterocycles. The van der Waals surface area contributed by atoms with Crippen molar-refractivity contribution in [3.63, 3.8) is 0 Å². The fourth-order valence-electron chi connectivity index (χ4n) is 1.79. The van der Waals surface area contributed by atoms with Crippen LogP contribution < -0.4 is 0 Å². The number of nitrogens with zero attached hydrogens (tertiary/aromatic N) is 1. The standard InChI is InChI=1S/C16H11NO2/c17-11-12-5-7-14(8-6-12)15-4-2-1-3-13(15)9-10-16(18)19/h1-10H,(H,18,19)/b10-9+. The molecule has 0 aliphatic carbocycles. The third-order valence-electron chi connectivity index (χ3n) is 2.69. The monoisotopic (exact) mass is 249 g/mol. The summed E-state index contributed by atoms with van der Waals surface area (Å²) in [6, 6.07) is 16.8.